The molecule has 1 aromatic heterocycles. The van der Waals surface area contributed by atoms with Gasteiger partial charge >= 0.3 is 0 Å². The minimum atomic E-state index is 0.0206. The molecule has 0 aliphatic heterocycles. The second kappa shape index (κ2) is 12.4. The van der Waals surface area contributed by atoms with Crippen LogP contribution in [-0.2, 0) is 5.41 Å². The number of benzene rings is 6. The summed E-state index contributed by atoms with van der Waals surface area (Å²) in [4.78, 5) is 10.2. The normalized spacial score (nSPS) is 14.1. The number of aromatic nitrogens is 2. The van der Waals surface area contributed by atoms with E-state index in [0.717, 1.165) is 46.5 Å². The van der Waals surface area contributed by atoms with Gasteiger partial charge in [-0.05, 0) is 81.6 Å². The predicted octanol–water partition coefficient (Wildman–Crippen LogP) is 11.9. The number of hydrogen-bond donors (Lipinski definition) is 0. The first kappa shape index (κ1) is 30.0. The Kier molecular flexibility index (Phi) is 7.44. The smallest absolute Gasteiger partial charge is 0.160 e. The van der Waals surface area contributed by atoms with Crippen LogP contribution in [0.1, 0.15) is 48.8 Å². The second-order valence-electron chi connectivity index (χ2n) is 13.6. The number of hydrogen-bond acceptors (Lipinski definition) is 3. The monoisotopic (exact) mass is 641 g/mol. The Hall–Kier alpha value is -6.11. The first-order valence-corrected chi connectivity index (χ1v) is 17.6. The van der Waals surface area contributed by atoms with Gasteiger partial charge in [0.05, 0.1) is 23.0 Å². The maximum absolute atomic E-state index is 9.88. The molecular formula is C47H35N3. The summed E-state index contributed by atoms with van der Waals surface area (Å²) in [7, 11) is 0. The zero-order valence-corrected chi connectivity index (χ0v) is 27.8. The molecule has 238 valence electrons. The molecule has 3 heteroatoms. The lowest BCUT2D eigenvalue weighted by Crippen LogP contribution is -2.28. The molecule has 50 heavy (non-hydrogen) atoms. The Bertz CT molecular complexity index is 2400. The molecule has 0 radical (unpaired) electrons. The third-order valence-electron chi connectivity index (χ3n) is 10.7. The van der Waals surface area contributed by atoms with E-state index in [-0.39, 0.29) is 5.41 Å². The number of nitriles is 1. The van der Waals surface area contributed by atoms with E-state index >= 15 is 0 Å². The van der Waals surface area contributed by atoms with Crippen LogP contribution < -0.4 is 0 Å². The summed E-state index contributed by atoms with van der Waals surface area (Å²) < 4.78 is 0. The van der Waals surface area contributed by atoms with Gasteiger partial charge in [0.15, 0.2) is 5.82 Å². The standard InChI is InChI=1S/C47H35N3/c48-31-32-20-25-41-40(28-32)45-39(18-11-19-42(45)47(41)26-8-3-9-27-47)37-16-10-17-38(29-37)44-30-43(49-46(50-44)36-14-6-2-7-15-36)35-23-21-34(22-24-35)33-12-4-1-5-13-33/h1-2,4-7,10-25,28-30H,3,8-9,26-27H2. The summed E-state index contributed by atoms with van der Waals surface area (Å²) in [6, 6.07) is 55.8. The van der Waals surface area contributed by atoms with Gasteiger partial charge in [0.25, 0.3) is 0 Å². The molecule has 0 N–H and O–H groups in total. The van der Waals surface area contributed by atoms with Gasteiger partial charge in [-0.1, -0.05) is 147 Å². The fraction of sp³-hybridized carbons (Fsp3) is 0.128. The van der Waals surface area contributed by atoms with Crippen LogP contribution in [0.2, 0.25) is 0 Å². The fourth-order valence-electron chi connectivity index (χ4n) is 8.33. The van der Waals surface area contributed by atoms with Crippen molar-refractivity contribution >= 4 is 0 Å². The highest BCUT2D eigenvalue weighted by atomic mass is 14.9. The predicted molar refractivity (Wildman–Crippen MR) is 203 cm³/mol. The minimum Gasteiger partial charge on any atom is -0.228 e. The first-order chi connectivity index (χ1) is 24.7. The molecule has 0 unspecified atom stereocenters. The van der Waals surface area contributed by atoms with E-state index < -0.39 is 0 Å². The van der Waals surface area contributed by atoms with Crippen molar-refractivity contribution in [3.63, 3.8) is 0 Å². The van der Waals surface area contributed by atoms with E-state index in [1.54, 1.807) is 0 Å². The van der Waals surface area contributed by atoms with Gasteiger partial charge in [-0.3, -0.25) is 0 Å². The fourth-order valence-corrected chi connectivity index (χ4v) is 8.33. The highest BCUT2D eigenvalue weighted by molar-refractivity contribution is 5.94. The molecule has 3 nitrogen and oxygen atoms in total. The van der Waals surface area contributed by atoms with E-state index in [1.807, 2.05) is 30.3 Å². The zero-order chi connectivity index (χ0) is 33.5. The zero-order valence-electron chi connectivity index (χ0n) is 27.8. The van der Waals surface area contributed by atoms with Crippen molar-refractivity contribution in [3.05, 3.63) is 168 Å². The van der Waals surface area contributed by atoms with Crippen LogP contribution >= 0.6 is 0 Å². The topological polar surface area (TPSA) is 49.6 Å². The molecule has 0 bridgehead atoms. The number of rotatable bonds is 5. The van der Waals surface area contributed by atoms with Gasteiger partial charge in [-0.25, -0.2) is 9.97 Å². The molecule has 2 aliphatic carbocycles. The summed E-state index contributed by atoms with van der Waals surface area (Å²) in [5, 5.41) is 9.88. The highest BCUT2D eigenvalue weighted by Crippen LogP contribution is 2.58. The molecule has 0 amide bonds. The summed E-state index contributed by atoms with van der Waals surface area (Å²) in [5.74, 6) is 0.702. The summed E-state index contributed by atoms with van der Waals surface area (Å²) in [5.41, 5.74) is 15.6. The Labute approximate surface area is 293 Å². The van der Waals surface area contributed by atoms with E-state index in [2.05, 4.69) is 127 Å². The van der Waals surface area contributed by atoms with Crippen LogP contribution in [0.15, 0.2) is 152 Å². The Morgan fingerprint density at radius 3 is 1.82 bits per heavy atom. The lowest BCUT2D eigenvalue weighted by atomic mass is 9.67. The van der Waals surface area contributed by atoms with Gasteiger partial charge < -0.3 is 0 Å². The molecule has 1 saturated carbocycles. The van der Waals surface area contributed by atoms with Crippen LogP contribution in [0.3, 0.4) is 0 Å². The Morgan fingerprint density at radius 1 is 0.460 bits per heavy atom. The average Bonchev–Trinajstić information content (AvgIpc) is 3.46. The van der Waals surface area contributed by atoms with E-state index in [0.29, 0.717) is 11.4 Å². The van der Waals surface area contributed by atoms with Gasteiger partial charge in [0.2, 0.25) is 0 Å². The molecular weight excluding hydrogens is 607 g/mol. The second-order valence-corrected chi connectivity index (χ2v) is 13.6. The third kappa shape index (κ3) is 5.13. The van der Waals surface area contributed by atoms with Crippen LogP contribution in [0.5, 0.6) is 0 Å². The van der Waals surface area contributed by atoms with Crippen molar-refractivity contribution in [1.29, 1.82) is 5.26 Å². The maximum Gasteiger partial charge on any atom is 0.160 e. The van der Waals surface area contributed by atoms with Crippen LogP contribution in [-0.4, -0.2) is 9.97 Å². The van der Waals surface area contributed by atoms with E-state index in [1.165, 1.54) is 58.2 Å². The van der Waals surface area contributed by atoms with Gasteiger partial charge in [-0.15, -0.1) is 0 Å². The summed E-state index contributed by atoms with van der Waals surface area (Å²) in [6.45, 7) is 0. The van der Waals surface area contributed by atoms with E-state index in [4.69, 9.17) is 9.97 Å². The molecule has 0 saturated heterocycles. The maximum atomic E-state index is 9.88. The first-order valence-electron chi connectivity index (χ1n) is 17.6. The van der Waals surface area contributed by atoms with Crippen LogP contribution in [0.25, 0.3) is 67.3 Å². The SMILES string of the molecule is N#Cc1ccc2c(c1)-c1c(-c3cccc(-c4cc(-c5ccc(-c6ccccc6)cc5)nc(-c5ccccc5)n4)c3)cccc1C21CCCCC1. The summed E-state index contributed by atoms with van der Waals surface area (Å²) in [6.07, 6.45) is 6.05. The van der Waals surface area contributed by atoms with Gasteiger partial charge in [-0.2, -0.15) is 5.26 Å². The minimum absolute atomic E-state index is 0.0206. The van der Waals surface area contributed by atoms with E-state index in [9.17, 15) is 5.26 Å². The number of fused-ring (bicyclic) bond motifs is 5. The lowest BCUT2D eigenvalue weighted by Gasteiger charge is -2.36. The average molecular weight is 642 g/mol. The quantitative estimate of drug-likeness (QED) is 0.188. The van der Waals surface area contributed by atoms with Crippen LogP contribution in [0, 0.1) is 11.3 Å². The van der Waals surface area contributed by atoms with Crippen molar-refractivity contribution in [3.8, 4) is 73.4 Å². The molecule has 0 atom stereocenters. The lowest BCUT2D eigenvalue weighted by molar-refractivity contribution is 0.353. The molecule has 6 aromatic carbocycles. The largest absolute Gasteiger partial charge is 0.228 e. The van der Waals surface area contributed by atoms with Gasteiger partial charge in [0, 0.05) is 22.1 Å². The van der Waals surface area contributed by atoms with Crippen molar-refractivity contribution in [2.45, 2.75) is 37.5 Å². The Morgan fingerprint density at radius 2 is 1.08 bits per heavy atom. The van der Waals surface area contributed by atoms with Crippen molar-refractivity contribution in [1.82, 2.24) is 9.97 Å². The molecule has 9 rings (SSSR count). The Balaban J connectivity index is 1.17. The molecule has 1 fully saturated rings. The summed E-state index contributed by atoms with van der Waals surface area (Å²) >= 11 is 0. The molecule has 1 heterocycles. The van der Waals surface area contributed by atoms with Gasteiger partial charge in [0.1, 0.15) is 0 Å². The third-order valence-corrected chi connectivity index (χ3v) is 10.7. The van der Waals surface area contributed by atoms with Crippen molar-refractivity contribution < 1.29 is 0 Å². The molecule has 1 spiro atoms. The van der Waals surface area contributed by atoms with Crippen LogP contribution in [0.4, 0.5) is 0 Å². The molecule has 2 aliphatic rings. The van der Waals surface area contributed by atoms with Crippen molar-refractivity contribution in [2.75, 3.05) is 0 Å². The highest BCUT2D eigenvalue weighted by Gasteiger charge is 2.44. The van der Waals surface area contributed by atoms with Crippen molar-refractivity contribution in [2.24, 2.45) is 0 Å². The number of nitrogens with zero attached hydrogens (tertiary/aromatic N) is 3. The molecule has 7 aromatic rings.